The van der Waals surface area contributed by atoms with E-state index >= 15 is 0 Å². The van der Waals surface area contributed by atoms with Crippen molar-refractivity contribution in [2.24, 2.45) is 0 Å². The summed E-state index contributed by atoms with van der Waals surface area (Å²) >= 11 is 17.6. The van der Waals surface area contributed by atoms with Gasteiger partial charge in [0.25, 0.3) is 10.0 Å². The van der Waals surface area contributed by atoms with Gasteiger partial charge in [0, 0.05) is 5.02 Å². The molecule has 0 heterocycles. The summed E-state index contributed by atoms with van der Waals surface area (Å²) in [6, 6.07) is 7.56. The molecule has 2 aromatic rings. The van der Waals surface area contributed by atoms with E-state index in [1.807, 2.05) is 0 Å². The number of benzene rings is 2. The van der Waals surface area contributed by atoms with Crippen molar-refractivity contribution in [1.29, 1.82) is 0 Å². The van der Waals surface area contributed by atoms with Gasteiger partial charge in [-0.2, -0.15) is 0 Å². The number of nitrogens with one attached hydrogen (secondary N) is 1. The normalized spacial score (nSPS) is 11.4. The zero-order valence-electron chi connectivity index (χ0n) is 10.8. The number of nitrogens with two attached hydrogens (primary N) is 1. The molecular weight excluding hydrogens is 355 g/mol. The van der Waals surface area contributed by atoms with E-state index in [1.165, 1.54) is 18.2 Å². The van der Waals surface area contributed by atoms with E-state index in [4.69, 9.17) is 40.5 Å². The largest absolute Gasteiger partial charge is 0.396 e. The molecule has 0 aromatic heterocycles. The molecule has 0 aliphatic carbocycles. The van der Waals surface area contributed by atoms with Gasteiger partial charge >= 0.3 is 0 Å². The lowest BCUT2D eigenvalue weighted by Crippen LogP contribution is -2.15. The van der Waals surface area contributed by atoms with Crippen molar-refractivity contribution >= 4 is 56.2 Å². The van der Waals surface area contributed by atoms with Crippen LogP contribution in [-0.2, 0) is 10.0 Å². The minimum absolute atomic E-state index is 0.0176. The molecule has 0 unspecified atom stereocenters. The van der Waals surface area contributed by atoms with Gasteiger partial charge in [-0.15, -0.1) is 0 Å². The van der Waals surface area contributed by atoms with Gasteiger partial charge < -0.3 is 5.73 Å². The Balaban J connectivity index is 2.49. The smallest absolute Gasteiger partial charge is 0.263 e. The number of hydrogen-bond donors (Lipinski definition) is 2. The summed E-state index contributed by atoms with van der Waals surface area (Å²) in [6.45, 7) is 1.76. The Labute approximate surface area is 137 Å². The van der Waals surface area contributed by atoms with Crippen LogP contribution >= 0.6 is 34.8 Å². The molecule has 2 rings (SSSR count). The van der Waals surface area contributed by atoms with Crippen LogP contribution in [0.1, 0.15) is 5.56 Å². The standard InChI is InChI=1S/C13H11Cl3N2O2S/c1-7-2-3-8(14)6-10(7)18-21(19,20)11-5-4-9(15)13(17)12(11)16/h2-6,18H,17H2,1H3. The first-order chi connectivity index (χ1) is 9.72. The molecule has 3 N–H and O–H groups in total. The number of halogens is 3. The maximum Gasteiger partial charge on any atom is 0.263 e. The Bertz CT molecular complexity index is 807. The Morgan fingerprint density at radius 1 is 1.10 bits per heavy atom. The van der Waals surface area contributed by atoms with Crippen LogP contribution in [0.15, 0.2) is 35.2 Å². The number of nitrogen functional groups attached to an aromatic ring is 1. The first kappa shape index (κ1) is 16.2. The molecule has 0 spiro atoms. The van der Waals surface area contributed by atoms with Crippen molar-refractivity contribution < 1.29 is 8.42 Å². The topological polar surface area (TPSA) is 72.2 Å². The zero-order valence-corrected chi connectivity index (χ0v) is 13.9. The average molecular weight is 366 g/mol. The van der Waals surface area contributed by atoms with Gasteiger partial charge in [-0.25, -0.2) is 8.42 Å². The van der Waals surface area contributed by atoms with Crippen LogP contribution in [0.2, 0.25) is 15.1 Å². The van der Waals surface area contributed by atoms with Gasteiger partial charge in [-0.05, 0) is 36.8 Å². The van der Waals surface area contributed by atoms with Crippen molar-refractivity contribution in [2.75, 3.05) is 10.5 Å². The van der Waals surface area contributed by atoms with Gasteiger partial charge in [0.2, 0.25) is 0 Å². The van der Waals surface area contributed by atoms with Crippen LogP contribution in [0.3, 0.4) is 0 Å². The second kappa shape index (κ2) is 5.93. The van der Waals surface area contributed by atoms with Gasteiger partial charge in [-0.1, -0.05) is 40.9 Å². The molecule has 21 heavy (non-hydrogen) atoms. The minimum atomic E-state index is -3.90. The van der Waals surface area contributed by atoms with Crippen molar-refractivity contribution in [3.8, 4) is 0 Å². The molecule has 0 atom stereocenters. The SMILES string of the molecule is Cc1ccc(Cl)cc1NS(=O)(=O)c1ccc(Cl)c(N)c1Cl. The molecular formula is C13H11Cl3N2O2S. The summed E-state index contributed by atoms with van der Waals surface area (Å²) in [5, 5.41) is 0.493. The summed E-state index contributed by atoms with van der Waals surface area (Å²) in [7, 11) is -3.90. The third-order valence-electron chi connectivity index (χ3n) is 2.82. The van der Waals surface area contributed by atoms with E-state index in [0.29, 0.717) is 10.7 Å². The lowest BCUT2D eigenvalue weighted by molar-refractivity contribution is 0.601. The molecule has 0 saturated carbocycles. The molecule has 0 fully saturated rings. The molecule has 4 nitrogen and oxygen atoms in total. The Morgan fingerprint density at radius 3 is 2.43 bits per heavy atom. The minimum Gasteiger partial charge on any atom is -0.396 e. The summed E-state index contributed by atoms with van der Waals surface area (Å²) in [5.74, 6) is 0. The Morgan fingerprint density at radius 2 is 1.76 bits per heavy atom. The van der Waals surface area contributed by atoms with Crippen molar-refractivity contribution in [1.82, 2.24) is 0 Å². The molecule has 2 aromatic carbocycles. The molecule has 0 aliphatic rings. The van der Waals surface area contributed by atoms with E-state index in [0.717, 1.165) is 5.56 Å². The lowest BCUT2D eigenvalue weighted by Gasteiger charge is -2.13. The van der Waals surface area contributed by atoms with E-state index in [2.05, 4.69) is 4.72 Å². The summed E-state index contributed by atoms with van der Waals surface area (Å²) in [6.07, 6.45) is 0. The second-order valence-corrected chi connectivity index (χ2v) is 7.21. The molecule has 8 heteroatoms. The second-order valence-electron chi connectivity index (χ2n) is 4.34. The highest BCUT2D eigenvalue weighted by Gasteiger charge is 2.21. The Hall–Kier alpha value is -1.14. The predicted molar refractivity (Wildman–Crippen MR) is 87.9 cm³/mol. The average Bonchev–Trinajstić information content (AvgIpc) is 2.39. The molecule has 0 aliphatic heterocycles. The van der Waals surface area contributed by atoms with Crippen LogP contribution < -0.4 is 10.5 Å². The highest BCUT2D eigenvalue weighted by Crippen LogP contribution is 2.34. The maximum absolute atomic E-state index is 12.4. The van der Waals surface area contributed by atoms with E-state index in [1.54, 1.807) is 19.1 Å². The van der Waals surface area contributed by atoms with Crippen LogP contribution in [-0.4, -0.2) is 8.42 Å². The summed E-state index contributed by atoms with van der Waals surface area (Å²) < 4.78 is 27.3. The molecule has 0 bridgehead atoms. The molecule has 112 valence electrons. The number of hydrogen-bond acceptors (Lipinski definition) is 3. The van der Waals surface area contributed by atoms with Crippen molar-refractivity contribution in [3.63, 3.8) is 0 Å². The molecule has 0 amide bonds. The van der Waals surface area contributed by atoms with Crippen LogP contribution in [0.4, 0.5) is 11.4 Å². The third kappa shape index (κ3) is 3.37. The predicted octanol–water partition coefficient (Wildman–Crippen LogP) is 4.34. The highest BCUT2D eigenvalue weighted by atomic mass is 35.5. The van der Waals surface area contributed by atoms with Crippen molar-refractivity contribution in [2.45, 2.75) is 11.8 Å². The van der Waals surface area contributed by atoms with Crippen LogP contribution in [0, 0.1) is 6.92 Å². The van der Waals surface area contributed by atoms with Gasteiger partial charge in [0.1, 0.15) is 4.90 Å². The first-order valence-corrected chi connectivity index (χ1v) is 8.36. The number of sulfonamides is 1. The maximum atomic E-state index is 12.4. The number of rotatable bonds is 3. The summed E-state index contributed by atoms with van der Waals surface area (Å²) in [4.78, 5) is -0.148. The van der Waals surface area contributed by atoms with Crippen LogP contribution in [0.25, 0.3) is 0 Å². The highest BCUT2D eigenvalue weighted by molar-refractivity contribution is 7.92. The summed E-state index contributed by atoms with van der Waals surface area (Å²) in [5.41, 5.74) is 6.76. The fraction of sp³-hybridized carbons (Fsp3) is 0.0769. The van der Waals surface area contributed by atoms with Crippen LogP contribution in [0.5, 0.6) is 0 Å². The van der Waals surface area contributed by atoms with E-state index < -0.39 is 10.0 Å². The fourth-order valence-corrected chi connectivity index (χ4v) is 3.72. The quantitative estimate of drug-likeness (QED) is 0.795. The van der Waals surface area contributed by atoms with Gasteiger partial charge in [0.15, 0.2) is 0 Å². The number of anilines is 2. The lowest BCUT2D eigenvalue weighted by atomic mass is 10.2. The fourth-order valence-electron chi connectivity index (χ4n) is 1.66. The third-order valence-corrected chi connectivity index (χ3v) is 5.32. The van der Waals surface area contributed by atoms with Gasteiger partial charge in [0.05, 0.1) is 21.4 Å². The zero-order chi connectivity index (χ0) is 15.8. The van der Waals surface area contributed by atoms with E-state index in [9.17, 15) is 8.42 Å². The van der Waals surface area contributed by atoms with E-state index in [-0.39, 0.29) is 20.6 Å². The number of aryl methyl sites for hydroxylation is 1. The monoisotopic (exact) mass is 364 g/mol. The van der Waals surface area contributed by atoms with Gasteiger partial charge in [-0.3, -0.25) is 4.72 Å². The first-order valence-electron chi connectivity index (χ1n) is 5.75. The molecule has 0 radical (unpaired) electrons. The Kier molecular flexibility index (Phi) is 4.58. The van der Waals surface area contributed by atoms with Crippen molar-refractivity contribution in [3.05, 3.63) is 51.0 Å². The molecule has 0 saturated heterocycles.